The average Bonchev–Trinajstić information content (AvgIpc) is 3.47. The summed E-state index contributed by atoms with van der Waals surface area (Å²) in [6, 6.07) is 8.46. The van der Waals surface area contributed by atoms with Crippen LogP contribution >= 0.6 is 0 Å². The molecule has 4 unspecified atom stereocenters. The summed E-state index contributed by atoms with van der Waals surface area (Å²) in [6.45, 7) is 0. The second-order valence-corrected chi connectivity index (χ2v) is 9.34. The predicted octanol–water partition coefficient (Wildman–Crippen LogP) is 6.09. The second-order valence-electron chi connectivity index (χ2n) is 9.34. The molecule has 4 atom stereocenters. The Hall–Kier alpha value is -1.78. The predicted molar refractivity (Wildman–Crippen MR) is 124 cm³/mol. The Balaban J connectivity index is 1.01. The van der Waals surface area contributed by atoms with Crippen LogP contribution in [0.25, 0.3) is 0 Å². The molecular formula is C27H38N2O2. The number of unbranched alkanes of at least 4 members (excludes halogenated alkanes) is 2. The van der Waals surface area contributed by atoms with E-state index in [9.17, 15) is 0 Å². The fraction of sp³-hybridized carbons (Fsp3) is 0.630. The Bertz CT molecular complexity index is 676. The van der Waals surface area contributed by atoms with Crippen molar-refractivity contribution in [1.82, 2.24) is 9.97 Å². The molecule has 4 rings (SSSR count). The van der Waals surface area contributed by atoms with E-state index in [1.165, 1.54) is 68.9 Å². The molecule has 168 valence electrons. The van der Waals surface area contributed by atoms with Crippen LogP contribution in [0.15, 0.2) is 49.1 Å². The summed E-state index contributed by atoms with van der Waals surface area (Å²) >= 11 is 0. The van der Waals surface area contributed by atoms with Gasteiger partial charge < -0.3 is 9.47 Å². The number of aryl methyl sites for hydroxylation is 2. The number of hydrogen-bond acceptors (Lipinski definition) is 4. The molecule has 2 aromatic heterocycles. The zero-order valence-corrected chi connectivity index (χ0v) is 18.8. The number of rotatable bonds is 12. The first-order valence-electron chi connectivity index (χ1n) is 12.4. The maximum atomic E-state index is 6.30. The smallest absolute Gasteiger partial charge is 0.0583 e. The van der Waals surface area contributed by atoms with E-state index in [0.29, 0.717) is 24.4 Å². The molecule has 2 aliphatic heterocycles. The van der Waals surface area contributed by atoms with Crippen LogP contribution in [0, 0.1) is 0 Å². The lowest BCUT2D eigenvalue weighted by Gasteiger charge is -2.15. The van der Waals surface area contributed by atoms with Crippen molar-refractivity contribution >= 4 is 0 Å². The first-order chi connectivity index (χ1) is 15.3. The minimum absolute atomic E-state index is 0.453. The molecule has 2 saturated heterocycles. The van der Waals surface area contributed by atoms with Crippen molar-refractivity contribution in [3.8, 4) is 0 Å². The van der Waals surface area contributed by atoms with Crippen LogP contribution in [0.5, 0.6) is 0 Å². The van der Waals surface area contributed by atoms with Crippen LogP contribution in [0.2, 0.25) is 0 Å². The largest absolute Gasteiger partial charge is 0.375 e. The topological polar surface area (TPSA) is 44.2 Å². The lowest BCUT2D eigenvalue weighted by atomic mass is 10.0. The molecule has 0 spiro atoms. The van der Waals surface area contributed by atoms with Crippen LogP contribution < -0.4 is 0 Å². The van der Waals surface area contributed by atoms with Crippen LogP contribution in [0.1, 0.15) is 81.8 Å². The summed E-state index contributed by atoms with van der Waals surface area (Å²) in [6.07, 6.45) is 25.2. The zero-order chi connectivity index (χ0) is 21.1. The third-order valence-electron chi connectivity index (χ3n) is 6.95. The van der Waals surface area contributed by atoms with Gasteiger partial charge in [0.2, 0.25) is 0 Å². The Morgan fingerprint density at radius 2 is 0.935 bits per heavy atom. The van der Waals surface area contributed by atoms with E-state index in [2.05, 4.69) is 34.2 Å². The minimum Gasteiger partial charge on any atom is -0.375 e. The number of nitrogens with zero attached hydrogens (tertiary/aromatic N) is 2. The van der Waals surface area contributed by atoms with Crippen molar-refractivity contribution in [3.05, 3.63) is 60.2 Å². The lowest BCUT2D eigenvalue weighted by Crippen LogP contribution is -2.12. The maximum Gasteiger partial charge on any atom is 0.0583 e. The van der Waals surface area contributed by atoms with E-state index >= 15 is 0 Å². The molecule has 0 aliphatic carbocycles. The van der Waals surface area contributed by atoms with Crippen LogP contribution in [0.4, 0.5) is 0 Å². The van der Waals surface area contributed by atoms with Gasteiger partial charge >= 0.3 is 0 Å². The number of pyridine rings is 2. The van der Waals surface area contributed by atoms with Crippen LogP contribution in [0.3, 0.4) is 0 Å². The summed E-state index contributed by atoms with van der Waals surface area (Å²) in [4.78, 5) is 8.19. The van der Waals surface area contributed by atoms with Gasteiger partial charge in [0.25, 0.3) is 0 Å². The third kappa shape index (κ3) is 7.69. The molecule has 4 nitrogen and oxygen atoms in total. The van der Waals surface area contributed by atoms with Crippen LogP contribution in [-0.4, -0.2) is 34.4 Å². The molecule has 0 amide bonds. The van der Waals surface area contributed by atoms with Crippen molar-refractivity contribution in [1.29, 1.82) is 0 Å². The van der Waals surface area contributed by atoms with Crippen molar-refractivity contribution in [3.63, 3.8) is 0 Å². The third-order valence-corrected chi connectivity index (χ3v) is 6.95. The summed E-state index contributed by atoms with van der Waals surface area (Å²) in [5.41, 5.74) is 2.74. The minimum atomic E-state index is 0.453. The average molecular weight is 423 g/mol. The molecule has 31 heavy (non-hydrogen) atoms. The highest BCUT2D eigenvalue weighted by atomic mass is 16.5. The van der Waals surface area contributed by atoms with Crippen molar-refractivity contribution < 1.29 is 9.47 Å². The van der Waals surface area contributed by atoms with E-state index in [-0.39, 0.29) is 0 Å². The molecule has 0 aromatic carbocycles. The molecule has 0 N–H and O–H groups in total. The molecule has 0 radical (unpaired) electrons. The van der Waals surface area contributed by atoms with Crippen molar-refractivity contribution in [2.45, 2.75) is 108 Å². The van der Waals surface area contributed by atoms with Gasteiger partial charge in [-0.2, -0.15) is 0 Å². The van der Waals surface area contributed by atoms with E-state index in [0.717, 1.165) is 25.7 Å². The zero-order valence-electron chi connectivity index (χ0n) is 18.8. The van der Waals surface area contributed by atoms with Crippen LogP contribution in [-0.2, 0) is 22.3 Å². The summed E-state index contributed by atoms with van der Waals surface area (Å²) in [5, 5.41) is 0. The normalized spacial score (nSPS) is 25.8. The first kappa shape index (κ1) is 22.4. The SMILES string of the molecule is c1cc(CCC2CCC(CCCCCC3CCC(CCc4ccncc4)O3)O2)ccn1. The van der Waals surface area contributed by atoms with Crippen molar-refractivity contribution in [2.75, 3.05) is 0 Å². The summed E-state index contributed by atoms with van der Waals surface area (Å²) in [5.74, 6) is 0. The van der Waals surface area contributed by atoms with Gasteiger partial charge in [0.1, 0.15) is 0 Å². The number of hydrogen-bond donors (Lipinski definition) is 0. The monoisotopic (exact) mass is 422 g/mol. The van der Waals surface area contributed by atoms with E-state index in [1.54, 1.807) is 0 Å². The van der Waals surface area contributed by atoms with Gasteiger partial charge in [-0.3, -0.25) is 9.97 Å². The molecule has 4 heterocycles. The molecular weight excluding hydrogens is 384 g/mol. The Labute approximate surface area is 187 Å². The van der Waals surface area contributed by atoms with Gasteiger partial charge in [-0.05, 0) is 99.6 Å². The van der Waals surface area contributed by atoms with E-state index < -0.39 is 0 Å². The van der Waals surface area contributed by atoms with Gasteiger partial charge in [0.05, 0.1) is 24.4 Å². The Morgan fingerprint density at radius 3 is 1.35 bits per heavy atom. The highest BCUT2D eigenvalue weighted by Gasteiger charge is 2.26. The van der Waals surface area contributed by atoms with E-state index in [1.807, 2.05) is 24.8 Å². The molecule has 4 heteroatoms. The molecule has 0 bridgehead atoms. The number of ether oxygens (including phenoxy) is 2. The maximum absolute atomic E-state index is 6.30. The lowest BCUT2D eigenvalue weighted by molar-refractivity contribution is 0.0313. The summed E-state index contributed by atoms with van der Waals surface area (Å²) < 4.78 is 12.6. The fourth-order valence-electron chi connectivity index (χ4n) is 5.08. The van der Waals surface area contributed by atoms with Crippen molar-refractivity contribution in [2.24, 2.45) is 0 Å². The molecule has 0 saturated carbocycles. The molecule has 2 fully saturated rings. The highest BCUT2D eigenvalue weighted by molar-refractivity contribution is 5.10. The van der Waals surface area contributed by atoms with Gasteiger partial charge in [-0.25, -0.2) is 0 Å². The standard InChI is InChI=1S/C27H38N2O2/c1(2-4-24-10-12-26(30-24)8-6-22-14-18-28-19-15-22)3-5-25-11-13-27(31-25)9-7-23-16-20-29-21-17-23/h14-21,24-27H,1-13H2. The Kier molecular flexibility index (Phi) is 8.90. The quantitative estimate of drug-likeness (QED) is 0.388. The Morgan fingerprint density at radius 1 is 0.548 bits per heavy atom. The van der Waals surface area contributed by atoms with Gasteiger partial charge in [0.15, 0.2) is 0 Å². The van der Waals surface area contributed by atoms with Gasteiger partial charge in [-0.15, -0.1) is 0 Å². The van der Waals surface area contributed by atoms with E-state index in [4.69, 9.17) is 9.47 Å². The van der Waals surface area contributed by atoms with Gasteiger partial charge in [-0.1, -0.05) is 19.3 Å². The fourth-order valence-corrected chi connectivity index (χ4v) is 5.08. The highest BCUT2D eigenvalue weighted by Crippen LogP contribution is 2.29. The molecule has 2 aromatic rings. The second kappa shape index (κ2) is 12.3. The summed E-state index contributed by atoms with van der Waals surface area (Å²) in [7, 11) is 0. The number of aromatic nitrogens is 2. The first-order valence-corrected chi connectivity index (χ1v) is 12.4. The van der Waals surface area contributed by atoms with Gasteiger partial charge in [0, 0.05) is 24.8 Å². The molecule has 2 aliphatic rings.